The smallest absolute Gasteiger partial charge is 0.374 e. The van der Waals surface area contributed by atoms with Crippen LogP contribution in [0.2, 0.25) is 0 Å². The predicted octanol–water partition coefficient (Wildman–Crippen LogP) is 3.90. The number of carbonyl (C=O) groups is 2. The van der Waals surface area contributed by atoms with Crippen molar-refractivity contribution in [2.45, 2.75) is 38.8 Å². The molecule has 0 saturated heterocycles. The third-order valence-corrected chi connectivity index (χ3v) is 4.02. The van der Waals surface area contributed by atoms with Gasteiger partial charge in [0.05, 0.1) is 6.04 Å². The maximum Gasteiger partial charge on any atom is 0.374 e. The second kappa shape index (κ2) is 7.86. The molecule has 1 atom stereocenters. The van der Waals surface area contributed by atoms with E-state index in [4.69, 9.17) is 14.9 Å². The topological polar surface area (TPSA) is 94.6 Å². The number of anilines is 1. The Labute approximate surface area is 163 Å². The monoisotopic (exact) mass is 380 g/mol. The first-order valence-electron chi connectivity index (χ1n) is 9.08. The van der Waals surface area contributed by atoms with Gasteiger partial charge in [0, 0.05) is 11.1 Å². The SMILES string of the molecule is CC(C)(C)OC(=O)c1cc2cc(NC(=O)C(N)Cc3ccccc3)ccc2o1. The minimum Gasteiger partial charge on any atom is -0.454 e. The van der Waals surface area contributed by atoms with Crippen LogP contribution in [0, 0.1) is 0 Å². The number of rotatable bonds is 5. The maximum absolute atomic E-state index is 12.4. The van der Waals surface area contributed by atoms with Crippen LogP contribution >= 0.6 is 0 Å². The Hall–Kier alpha value is -3.12. The summed E-state index contributed by atoms with van der Waals surface area (Å²) >= 11 is 0. The van der Waals surface area contributed by atoms with Crippen molar-refractivity contribution in [3.8, 4) is 0 Å². The Bertz CT molecular complexity index is 987. The standard InChI is InChI=1S/C22H24N2O4/c1-22(2,3)28-21(26)19-13-15-12-16(9-10-18(15)27-19)24-20(25)17(23)11-14-7-5-4-6-8-14/h4-10,12-13,17H,11,23H2,1-3H3,(H,24,25). The molecule has 0 fully saturated rings. The van der Waals surface area contributed by atoms with Crippen molar-refractivity contribution in [1.82, 2.24) is 0 Å². The summed E-state index contributed by atoms with van der Waals surface area (Å²) in [5, 5.41) is 3.50. The number of ether oxygens (including phenoxy) is 1. The summed E-state index contributed by atoms with van der Waals surface area (Å²) in [5.41, 5.74) is 7.53. The zero-order chi connectivity index (χ0) is 20.3. The number of nitrogens with one attached hydrogen (secondary N) is 1. The van der Waals surface area contributed by atoms with Crippen LogP contribution in [0.25, 0.3) is 11.0 Å². The number of carbonyl (C=O) groups excluding carboxylic acids is 2. The zero-order valence-corrected chi connectivity index (χ0v) is 16.2. The van der Waals surface area contributed by atoms with Crippen LogP contribution in [0.1, 0.15) is 36.9 Å². The lowest BCUT2D eigenvalue weighted by Gasteiger charge is -2.18. The number of furan rings is 1. The number of hydrogen-bond acceptors (Lipinski definition) is 5. The van der Waals surface area contributed by atoms with E-state index < -0.39 is 17.6 Å². The molecule has 6 heteroatoms. The molecule has 6 nitrogen and oxygen atoms in total. The van der Waals surface area contributed by atoms with Gasteiger partial charge in [-0.1, -0.05) is 30.3 Å². The minimum absolute atomic E-state index is 0.120. The molecule has 1 heterocycles. The van der Waals surface area contributed by atoms with E-state index in [0.29, 0.717) is 23.1 Å². The van der Waals surface area contributed by atoms with Crippen LogP contribution in [0.4, 0.5) is 5.69 Å². The predicted molar refractivity (Wildman–Crippen MR) is 108 cm³/mol. The largest absolute Gasteiger partial charge is 0.454 e. The summed E-state index contributed by atoms with van der Waals surface area (Å²) in [6.45, 7) is 5.37. The number of esters is 1. The third kappa shape index (κ3) is 4.98. The van der Waals surface area contributed by atoms with Crippen LogP contribution in [0.15, 0.2) is 59.0 Å². The summed E-state index contributed by atoms with van der Waals surface area (Å²) in [7, 11) is 0. The average molecular weight is 380 g/mol. The summed E-state index contributed by atoms with van der Waals surface area (Å²) < 4.78 is 10.9. The van der Waals surface area contributed by atoms with E-state index in [9.17, 15) is 9.59 Å². The molecule has 0 saturated carbocycles. The van der Waals surface area contributed by atoms with Gasteiger partial charge in [-0.05, 0) is 57.0 Å². The summed E-state index contributed by atoms with van der Waals surface area (Å²) in [4.78, 5) is 24.5. The van der Waals surface area contributed by atoms with E-state index in [-0.39, 0.29) is 11.7 Å². The van der Waals surface area contributed by atoms with Crippen molar-refractivity contribution in [2.24, 2.45) is 5.73 Å². The highest BCUT2D eigenvalue weighted by molar-refractivity contribution is 5.98. The Kier molecular flexibility index (Phi) is 5.51. The lowest BCUT2D eigenvalue weighted by atomic mass is 10.1. The van der Waals surface area contributed by atoms with Gasteiger partial charge in [0.1, 0.15) is 11.2 Å². The van der Waals surface area contributed by atoms with Crippen molar-refractivity contribution in [3.63, 3.8) is 0 Å². The summed E-state index contributed by atoms with van der Waals surface area (Å²) in [5.74, 6) is -0.688. The van der Waals surface area contributed by atoms with Crippen LogP contribution in [-0.4, -0.2) is 23.5 Å². The van der Waals surface area contributed by atoms with E-state index in [1.54, 1.807) is 45.0 Å². The molecular weight excluding hydrogens is 356 g/mol. The first kappa shape index (κ1) is 19.6. The van der Waals surface area contributed by atoms with E-state index in [2.05, 4.69) is 5.32 Å². The Morgan fingerprint density at radius 2 is 1.82 bits per heavy atom. The molecule has 0 aliphatic carbocycles. The molecule has 3 N–H and O–H groups in total. The Balaban J connectivity index is 1.70. The second-order valence-corrected chi connectivity index (χ2v) is 7.65. The molecule has 3 aromatic rings. The first-order valence-corrected chi connectivity index (χ1v) is 9.08. The van der Waals surface area contributed by atoms with E-state index in [1.807, 2.05) is 30.3 Å². The number of hydrogen-bond donors (Lipinski definition) is 2. The second-order valence-electron chi connectivity index (χ2n) is 7.65. The number of nitrogens with two attached hydrogens (primary N) is 1. The molecule has 0 bridgehead atoms. The van der Waals surface area contributed by atoms with Gasteiger partial charge in [-0.2, -0.15) is 0 Å². The van der Waals surface area contributed by atoms with Gasteiger partial charge in [-0.15, -0.1) is 0 Å². The summed E-state index contributed by atoms with van der Waals surface area (Å²) in [6.07, 6.45) is 0.448. The Morgan fingerprint density at radius 3 is 2.50 bits per heavy atom. The normalized spacial score (nSPS) is 12.6. The van der Waals surface area contributed by atoms with E-state index >= 15 is 0 Å². The molecule has 28 heavy (non-hydrogen) atoms. The van der Waals surface area contributed by atoms with Gasteiger partial charge in [0.2, 0.25) is 11.7 Å². The van der Waals surface area contributed by atoms with Gasteiger partial charge in [0.25, 0.3) is 0 Å². The lowest BCUT2D eigenvalue weighted by molar-refractivity contribution is -0.117. The molecule has 146 valence electrons. The van der Waals surface area contributed by atoms with E-state index in [0.717, 1.165) is 5.56 Å². The van der Waals surface area contributed by atoms with Gasteiger partial charge in [-0.3, -0.25) is 4.79 Å². The molecule has 3 rings (SSSR count). The fourth-order valence-electron chi connectivity index (χ4n) is 2.75. The van der Waals surface area contributed by atoms with E-state index in [1.165, 1.54) is 0 Å². The van der Waals surface area contributed by atoms with Crippen LogP contribution in [0.3, 0.4) is 0 Å². The van der Waals surface area contributed by atoms with Gasteiger partial charge in [-0.25, -0.2) is 4.79 Å². The quantitative estimate of drug-likeness (QED) is 0.655. The minimum atomic E-state index is -0.667. The molecule has 0 spiro atoms. The molecule has 1 aromatic heterocycles. The zero-order valence-electron chi connectivity index (χ0n) is 16.2. The molecular formula is C22H24N2O4. The summed E-state index contributed by atoms with van der Waals surface area (Å²) in [6, 6.07) is 15.7. The average Bonchev–Trinajstić information content (AvgIpc) is 3.04. The fraction of sp³-hybridized carbons (Fsp3) is 0.273. The van der Waals surface area contributed by atoms with Crippen LogP contribution in [-0.2, 0) is 16.0 Å². The fourth-order valence-corrected chi connectivity index (χ4v) is 2.75. The van der Waals surface area contributed by atoms with Crippen molar-refractivity contribution in [3.05, 3.63) is 65.9 Å². The number of benzene rings is 2. The van der Waals surface area contributed by atoms with Gasteiger partial charge >= 0.3 is 5.97 Å². The number of amides is 1. The van der Waals surface area contributed by atoms with Crippen molar-refractivity contribution in [2.75, 3.05) is 5.32 Å². The first-order chi connectivity index (χ1) is 13.2. The van der Waals surface area contributed by atoms with Crippen molar-refractivity contribution >= 4 is 28.5 Å². The lowest BCUT2D eigenvalue weighted by Crippen LogP contribution is -2.37. The van der Waals surface area contributed by atoms with Crippen molar-refractivity contribution < 1.29 is 18.7 Å². The van der Waals surface area contributed by atoms with Crippen LogP contribution < -0.4 is 11.1 Å². The maximum atomic E-state index is 12.4. The highest BCUT2D eigenvalue weighted by Crippen LogP contribution is 2.25. The molecule has 1 unspecified atom stereocenters. The third-order valence-electron chi connectivity index (χ3n) is 4.02. The number of fused-ring (bicyclic) bond motifs is 1. The van der Waals surface area contributed by atoms with Crippen LogP contribution in [0.5, 0.6) is 0 Å². The van der Waals surface area contributed by atoms with Gasteiger partial charge < -0.3 is 20.2 Å². The van der Waals surface area contributed by atoms with Crippen molar-refractivity contribution in [1.29, 1.82) is 0 Å². The highest BCUT2D eigenvalue weighted by atomic mass is 16.6. The van der Waals surface area contributed by atoms with Gasteiger partial charge in [0.15, 0.2) is 0 Å². The molecule has 0 aliphatic heterocycles. The molecule has 0 radical (unpaired) electrons. The Morgan fingerprint density at radius 1 is 1.11 bits per heavy atom. The highest BCUT2D eigenvalue weighted by Gasteiger charge is 2.21. The molecule has 2 aromatic carbocycles. The molecule has 0 aliphatic rings. The molecule has 1 amide bonds.